The van der Waals surface area contributed by atoms with E-state index in [0.717, 1.165) is 24.6 Å². The maximum Gasteiger partial charge on any atom is 0.500 e. The molecule has 5 heteroatoms. The van der Waals surface area contributed by atoms with Crippen LogP contribution in [0.2, 0.25) is 6.04 Å². The topological polar surface area (TPSA) is 53.7 Å². The second kappa shape index (κ2) is 6.76. The quantitative estimate of drug-likeness (QED) is 0.598. The van der Waals surface area contributed by atoms with Gasteiger partial charge in [0, 0.05) is 33.1 Å². The van der Waals surface area contributed by atoms with E-state index in [1.165, 1.54) is 5.56 Å². The predicted molar refractivity (Wildman–Crippen MR) is 70.8 cm³/mol. The van der Waals surface area contributed by atoms with Gasteiger partial charge in [-0.3, -0.25) is 0 Å². The number of aryl methyl sites for hydroxylation is 1. The van der Waals surface area contributed by atoms with E-state index >= 15 is 0 Å². The molecule has 0 spiro atoms. The SMILES string of the molecule is CO[Si](CCCc1ccccc1N)(OC)OC. The van der Waals surface area contributed by atoms with Crippen molar-refractivity contribution < 1.29 is 13.3 Å². The van der Waals surface area contributed by atoms with Crippen LogP contribution in [-0.4, -0.2) is 30.1 Å². The molecule has 2 N–H and O–H groups in total. The van der Waals surface area contributed by atoms with Gasteiger partial charge < -0.3 is 19.0 Å². The summed E-state index contributed by atoms with van der Waals surface area (Å²) in [5, 5.41) is 0. The number of anilines is 1. The normalized spacial score (nSPS) is 11.7. The Balaban J connectivity index is 2.49. The van der Waals surface area contributed by atoms with Crippen molar-refractivity contribution in [1.29, 1.82) is 0 Å². The van der Waals surface area contributed by atoms with Crippen LogP contribution in [-0.2, 0) is 19.7 Å². The Bertz CT molecular complexity index is 334. The maximum atomic E-state index is 5.89. The first kappa shape index (κ1) is 14.2. The summed E-state index contributed by atoms with van der Waals surface area (Å²) in [5.74, 6) is 0. The number of rotatable bonds is 7. The van der Waals surface area contributed by atoms with Gasteiger partial charge in [0.25, 0.3) is 0 Å². The van der Waals surface area contributed by atoms with Crippen molar-refractivity contribution in [2.45, 2.75) is 18.9 Å². The van der Waals surface area contributed by atoms with Gasteiger partial charge in [0.1, 0.15) is 0 Å². The van der Waals surface area contributed by atoms with Crippen molar-refractivity contribution in [2.24, 2.45) is 0 Å². The molecule has 0 fully saturated rings. The van der Waals surface area contributed by atoms with E-state index in [9.17, 15) is 0 Å². The molecule has 0 saturated heterocycles. The lowest BCUT2D eigenvalue weighted by molar-refractivity contribution is 0.123. The molecule has 0 amide bonds. The molecule has 0 aromatic heterocycles. The van der Waals surface area contributed by atoms with Gasteiger partial charge in [-0.1, -0.05) is 18.2 Å². The van der Waals surface area contributed by atoms with Crippen LogP contribution in [0.3, 0.4) is 0 Å². The second-order valence-corrected chi connectivity index (χ2v) is 6.94. The number of nitrogen functional groups attached to an aromatic ring is 1. The summed E-state index contributed by atoms with van der Waals surface area (Å²) >= 11 is 0. The lowest BCUT2D eigenvalue weighted by atomic mass is 10.1. The number of para-hydroxylation sites is 1. The molecule has 1 aromatic rings. The fourth-order valence-corrected chi connectivity index (χ4v) is 3.54. The van der Waals surface area contributed by atoms with Gasteiger partial charge >= 0.3 is 8.80 Å². The molecule has 0 atom stereocenters. The Labute approximate surface area is 104 Å². The molecule has 1 aromatic carbocycles. The smallest absolute Gasteiger partial charge is 0.399 e. The van der Waals surface area contributed by atoms with Gasteiger partial charge in [-0.15, -0.1) is 0 Å². The van der Waals surface area contributed by atoms with Crippen LogP contribution in [0.25, 0.3) is 0 Å². The third-order valence-corrected chi connectivity index (χ3v) is 5.75. The number of hydrogen-bond acceptors (Lipinski definition) is 4. The minimum atomic E-state index is -2.43. The van der Waals surface area contributed by atoms with Crippen LogP contribution >= 0.6 is 0 Å². The largest absolute Gasteiger partial charge is 0.500 e. The summed E-state index contributed by atoms with van der Waals surface area (Å²) in [6.07, 6.45) is 1.85. The molecule has 0 aliphatic heterocycles. The average Bonchev–Trinajstić information content (AvgIpc) is 2.37. The van der Waals surface area contributed by atoms with Gasteiger partial charge in [0.15, 0.2) is 0 Å². The minimum absolute atomic E-state index is 0.796. The van der Waals surface area contributed by atoms with Crippen LogP contribution in [0, 0.1) is 0 Å². The molecule has 4 nitrogen and oxygen atoms in total. The van der Waals surface area contributed by atoms with Crippen LogP contribution in [0.1, 0.15) is 12.0 Å². The zero-order chi connectivity index (χ0) is 12.7. The number of hydrogen-bond donors (Lipinski definition) is 1. The average molecular weight is 255 g/mol. The summed E-state index contributed by atoms with van der Waals surface area (Å²) in [6, 6.07) is 8.70. The number of benzene rings is 1. The first-order valence-electron chi connectivity index (χ1n) is 5.66. The van der Waals surface area contributed by atoms with Gasteiger partial charge in [-0.25, -0.2) is 0 Å². The van der Waals surface area contributed by atoms with E-state index < -0.39 is 8.80 Å². The maximum absolute atomic E-state index is 5.89. The highest BCUT2D eigenvalue weighted by molar-refractivity contribution is 6.60. The van der Waals surface area contributed by atoms with Gasteiger partial charge in [-0.05, 0) is 24.5 Å². The van der Waals surface area contributed by atoms with Crippen molar-refractivity contribution in [3.05, 3.63) is 29.8 Å². The number of nitrogens with two attached hydrogens (primary N) is 1. The summed E-state index contributed by atoms with van der Waals surface area (Å²) in [5.41, 5.74) is 7.89. The highest BCUT2D eigenvalue weighted by atomic mass is 28.4. The molecule has 0 aliphatic rings. The predicted octanol–water partition coefficient (Wildman–Crippen LogP) is 2.08. The minimum Gasteiger partial charge on any atom is -0.399 e. The molecular formula is C12H21NO3Si. The van der Waals surface area contributed by atoms with E-state index in [0.29, 0.717) is 0 Å². The van der Waals surface area contributed by atoms with E-state index in [-0.39, 0.29) is 0 Å². The standard InChI is InChI=1S/C12H21NO3Si/c1-14-17(15-2,16-3)10-6-8-11-7-4-5-9-12(11)13/h4-5,7,9H,6,8,10,13H2,1-3H3. The Morgan fingerprint density at radius 3 is 2.18 bits per heavy atom. The Morgan fingerprint density at radius 1 is 1.06 bits per heavy atom. The molecule has 0 saturated carbocycles. The molecule has 0 unspecified atom stereocenters. The summed E-state index contributed by atoms with van der Waals surface area (Å²) in [4.78, 5) is 0. The van der Waals surface area contributed by atoms with Crippen LogP contribution in [0.15, 0.2) is 24.3 Å². The Hall–Kier alpha value is -0.883. The molecule has 1 rings (SSSR count). The Morgan fingerprint density at radius 2 is 1.65 bits per heavy atom. The summed E-state index contributed by atoms with van der Waals surface area (Å²) in [6.45, 7) is 0. The molecule has 96 valence electrons. The highest BCUT2D eigenvalue weighted by Gasteiger charge is 2.36. The third kappa shape index (κ3) is 3.81. The molecule has 0 aliphatic carbocycles. The highest BCUT2D eigenvalue weighted by Crippen LogP contribution is 2.19. The lowest BCUT2D eigenvalue weighted by Gasteiger charge is -2.24. The zero-order valence-corrected chi connectivity index (χ0v) is 11.7. The molecule has 0 heterocycles. The lowest BCUT2D eigenvalue weighted by Crippen LogP contribution is -2.42. The Kier molecular flexibility index (Phi) is 5.63. The van der Waals surface area contributed by atoms with Crippen LogP contribution in [0.4, 0.5) is 5.69 Å². The molecule has 0 bridgehead atoms. The van der Waals surface area contributed by atoms with E-state index in [2.05, 4.69) is 0 Å². The first-order valence-corrected chi connectivity index (χ1v) is 7.59. The van der Waals surface area contributed by atoms with E-state index in [4.69, 9.17) is 19.0 Å². The third-order valence-electron chi connectivity index (χ3n) is 2.92. The van der Waals surface area contributed by atoms with Gasteiger partial charge in [0.2, 0.25) is 0 Å². The van der Waals surface area contributed by atoms with Crippen molar-refractivity contribution in [3.8, 4) is 0 Å². The van der Waals surface area contributed by atoms with Gasteiger partial charge in [-0.2, -0.15) is 0 Å². The van der Waals surface area contributed by atoms with Crippen molar-refractivity contribution in [3.63, 3.8) is 0 Å². The zero-order valence-electron chi connectivity index (χ0n) is 10.7. The van der Waals surface area contributed by atoms with Crippen molar-refractivity contribution in [2.75, 3.05) is 27.1 Å². The first-order chi connectivity index (χ1) is 8.17. The van der Waals surface area contributed by atoms with Crippen molar-refractivity contribution >= 4 is 14.5 Å². The summed E-state index contributed by atoms with van der Waals surface area (Å²) in [7, 11) is 2.48. The van der Waals surface area contributed by atoms with E-state index in [1.807, 2.05) is 24.3 Å². The van der Waals surface area contributed by atoms with E-state index in [1.54, 1.807) is 21.3 Å². The summed E-state index contributed by atoms with van der Waals surface area (Å²) < 4.78 is 16.1. The second-order valence-electron chi connectivity index (χ2n) is 3.85. The fraction of sp³-hybridized carbons (Fsp3) is 0.500. The monoisotopic (exact) mass is 255 g/mol. The fourth-order valence-electron chi connectivity index (χ4n) is 1.81. The molecule has 0 radical (unpaired) electrons. The van der Waals surface area contributed by atoms with Crippen LogP contribution < -0.4 is 5.73 Å². The van der Waals surface area contributed by atoms with Crippen LogP contribution in [0.5, 0.6) is 0 Å². The van der Waals surface area contributed by atoms with Crippen molar-refractivity contribution in [1.82, 2.24) is 0 Å². The molecular weight excluding hydrogens is 234 g/mol. The molecule has 17 heavy (non-hydrogen) atoms. The van der Waals surface area contributed by atoms with Gasteiger partial charge in [0.05, 0.1) is 0 Å².